The van der Waals surface area contributed by atoms with Gasteiger partial charge in [-0.1, -0.05) is 48.5 Å². The number of ether oxygens (including phenoxy) is 4. The van der Waals surface area contributed by atoms with Crippen molar-refractivity contribution in [1.29, 1.82) is 0 Å². The van der Waals surface area contributed by atoms with Gasteiger partial charge in [-0.25, -0.2) is 0 Å². The lowest BCUT2D eigenvalue weighted by Crippen LogP contribution is -2.13. The highest BCUT2D eigenvalue weighted by Gasteiger charge is 2.25. The van der Waals surface area contributed by atoms with Crippen LogP contribution in [0.25, 0.3) is 32.3 Å². The van der Waals surface area contributed by atoms with Gasteiger partial charge in [0.05, 0.1) is 33.8 Å². The van der Waals surface area contributed by atoms with Crippen LogP contribution in [0.4, 0.5) is 0 Å². The van der Waals surface area contributed by atoms with E-state index in [0.717, 1.165) is 47.6 Å². The van der Waals surface area contributed by atoms with E-state index < -0.39 is 0 Å². The summed E-state index contributed by atoms with van der Waals surface area (Å²) in [6, 6.07) is 29.3. The Hall–Kier alpha value is -4.77. The van der Waals surface area contributed by atoms with Crippen molar-refractivity contribution in [3.63, 3.8) is 0 Å². The smallest absolute Gasteiger partial charge is 0.131 e. The summed E-state index contributed by atoms with van der Waals surface area (Å²) >= 11 is 0. The number of rotatable bonds is 6. The molecule has 1 aliphatic carbocycles. The molecule has 1 unspecified atom stereocenters. The number of methoxy groups -OCH3 is 4. The van der Waals surface area contributed by atoms with Crippen LogP contribution in [0.15, 0.2) is 97.3 Å². The summed E-state index contributed by atoms with van der Waals surface area (Å²) in [5, 5.41) is 7.18. The van der Waals surface area contributed by atoms with Crippen LogP contribution in [-0.4, -0.2) is 33.4 Å². The van der Waals surface area contributed by atoms with Crippen LogP contribution < -0.4 is 18.9 Å². The first kappa shape index (κ1) is 28.4. The monoisotopic (exact) mass is 571 g/mol. The summed E-state index contributed by atoms with van der Waals surface area (Å²) in [6.45, 7) is 0. The van der Waals surface area contributed by atoms with Crippen molar-refractivity contribution in [3.05, 3.63) is 114 Å². The Morgan fingerprint density at radius 1 is 0.674 bits per heavy atom. The number of nitrogens with zero attached hydrogens (tertiary/aromatic N) is 1. The summed E-state index contributed by atoms with van der Waals surface area (Å²) in [4.78, 5) is 4.01. The number of aryl methyl sites for hydroxylation is 1. The topological polar surface area (TPSA) is 49.8 Å². The van der Waals surface area contributed by atoms with Gasteiger partial charge in [-0.3, -0.25) is 4.98 Å². The third kappa shape index (κ3) is 5.55. The largest absolute Gasteiger partial charge is 0.497 e. The zero-order chi connectivity index (χ0) is 29.8. The molecule has 1 atom stereocenters. The van der Waals surface area contributed by atoms with Crippen molar-refractivity contribution >= 4 is 32.3 Å². The highest BCUT2D eigenvalue weighted by atomic mass is 16.5. The van der Waals surface area contributed by atoms with E-state index in [9.17, 15) is 0 Å². The van der Waals surface area contributed by atoms with Crippen LogP contribution in [-0.2, 0) is 12.8 Å². The first-order valence-corrected chi connectivity index (χ1v) is 14.7. The molecule has 43 heavy (non-hydrogen) atoms. The third-order valence-corrected chi connectivity index (χ3v) is 8.59. The van der Waals surface area contributed by atoms with Crippen molar-refractivity contribution in [1.82, 2.24) is 4.98 Å². The van der Waals surface area contributed by atoms with E-state index >= 15 is 0 Å². The number of hydrogen-bond acceptors (Lipinski definition) is 5. The first-order valence-electron chi connectivity index (χ1n) is 14.7. The first-order chi connectivity index (χ1) is 21.1. The molecule has 1 heterocycles. The van der Waals surface area contributed by atoms with Gasteiger partial charge in [-0.05, 0) is 112 Å². The minimum Gasteiger partial charge on any atom is -0.497 e. The normalized spacial score (nSPS) is 14.1. The Balaban J connectivity index is 0.000000277. The maximum Gasteiger partial charge on any atom is 0.131 e. The molecule has 0 saturated carbocycles. The van der Waals surface area contributed by atoms with Crippen molar-refractivity contribution in [2.24, 2.45) is 0 Å². The second-order valence-electron chi connectivity index (χ2n) is 10.9. The maximum atomic E-state index is 5.84. The molecule has 0 aliphatic heterocycles. The van der Waals surface area contributed by atoms with Crippen molar-refractivity contribution < 1.29 is 18.9 Å². The molecule has 0 fully saturated rings. The van der Waals surface area contributed by atoms with E-state index in [2.05, 4.69) is 53.5 Å². The Bertz CT molecular complexity index is 1830. The molecule has 0 saturated heterocycles. The quantitative estimate of drug-likeness (QED) is 0.187. The van der Waals surface area contributed by atoms with E-state index in [1.807, 2.05) is 48.8 Å². The molecule has 5 nitrogen and oxygen atoms in total. The van der Waals surface area contributed by atoms with Crippen LogP contribution in [0.2, 0.25) is 0 Å². The van der Waals surface area contributed by atoms with Gasteiger partial charge in [0.2, 0.25) is 0 Å². The van der Waals surface area contributed by atoms with E-state index in [1.54, 1.807) is 28.4 Å². The molecule has 0 bridgehead atoms. The molecule has 6 aromatic rings. The summed E-state index contributed by atoms with van der Waals surface area (Å²) in [6.07, 6.45) is 8.02. The van der Waals surface area contributed by atoms with Crippen LogP contribution in [0.1, 0.15) is 35.4 Å². The zero-order valence-electron chi connectivity index (χ0n) is 25.2. The van der Waals surface area contributed by atoms with Crippen LogP contribution >= 0.6 is 0 Å². The lowest BCUT2D eigenvalue weighted by Gasteiger charge is -2.28. The van der Waals surface area contributed by atoms with E-state index in [1.165, 1.54) is 50.0 Å². The van der Waals surface area contributed by atoms with E-state index in [-0.39, 0.29) is 0 Å². The Labute approximate surface area is 253 Å². The molecular weight excluding hydrogens is 534 g/mol. The third-order valence-electron chi connectivity index (χ3n) is 8.59. The SMILES string of the molecule is COc1ccc(OC)c(CC2CCCc3c2ccc2c3cc(OC)c3c(OC)cccc32)c1.c1ccc2cnccc2c1. The summed E-state index contributed by atoms with van der Waals surface area (Å²) in [5.41, 5.74) is 4.06. The molecule has 1 aromatic heterocycles. The molecule has 0 amide bonds. The molecule has 0 radical (unpaired) electrons. The fraction of sp³-hybridized carbons (Fsp3) is 0.237. The minimum absolute atomic E-state index is 0.436. The summed E-state index contributed by atoms with van der Waals surface area (Å²) in [7, 11) is 6.89. The number of pyridine rings is 1. The highest BCUT2D eigenvalue weighted by Crippen LogP contribution is 2.44. The maximum absolute atomic E-state index is 5.84. The van der Waals surface area contributed by atoms with Gasteiger partial charge in [0.1, 0.15) is 23.0 Å². The molecule has 0 spiro atoms. The molecule has 218 valence electrons. The predicted octanol–water partition coefficient (Wildman–Crippen LogP) is 8.92. The Morgan fingerprint density at radius 2 is 1.49 bits per heavy atom. The highest BCUT2D eigenvalue weighted by molar-refractivity contribution is 6.13. The van der Waals surface area contributed by atoms with Gasteiger partial charge in [0, 0.05) is 12.4 Å². The summed E-state index contributed by atoms with van der Waals surface area (Å²) < 4.78 is 22.6. The van der Waals surface area contributed by atoms with Gasteiger partial charge in [0.25, 0.3) is 0 Å². The minimum atomic E-state index is 0.436. The fourth-order valence-electron chi connectivity index (χ4n) is 6.51. The molecule has 1 aliphatic rings. The van der Waals surface area contributed by atoms with Crippen molar-refractivity contribution in [3.8, 4) is 23.0 Å². The van der Waals surface area contributed by atoms with Crippen LogP contribution in [0.5, 0.6) is 23.0 Å². The van der Waals surface area contributed by atoms with Crippen LogP contribution in [0.3, 0.4) is 0 Å². The van der Waals surface area contributed by atoms with Crippen molar-refractivity contribution in [2.75, 3.05) is 28.4 Å². The van der Waals surface area contributed by atoms with Gasteiger partial charge < -0.3 is 18.9 Å². The molecule has 7 rings (SSSR count). The second kappa shape index (κ2) is 12.6. The summed E-state index contributed by atoms with van der Waals surface area (Å²) in [5.74, 6) is 3.92. The lowest BCUT2D eigenvalue weighted by molar-refractivity contribution is 0.396. The van der Waals surface area contributed by atoms with Gasteiger partial charge >= 0.3 is 0 Å². The van der Waals surface area contributed by atoms with E-state index in [4.69, 9.17) is 18.9 Å². The molecule has 5 aromatic carbocycles. The number of aromatic nitrogens is 1. The standard InChI is InChI=1S/C29H30O4.C9H7N/c1-30-20-11-14-26(31-2)19(16-20)15-18-7-5-8-22-21(18)12-13-23-24-9-6-10-27(32-3)29(24)28(33-4)17-25(22)23;1-2-4-9-7-10-6-5-8(9)3-1/h6,9-14,16-18H,5,7-8,15H2,1-4H3;1-7H. The Kier molecular flexibility index (Phi) is 8.32. The van der Waals surface area contributed by atoms with Gasteiger partial charge in [-0.2, -0.15) is 0 Å². The van der Waals surface area contributed by atoms with E-state index in [0.29, 0.717) is 5.92 Å². The Morgan fingerprint density at radius 3 is 2.26 bits per heavy atom. The number of hydrogen-bond donors (Lipinski definition) is 0. The molecule has 0 N–H and O–H groups in total. The predicted molar refractivity (Wildman–Crippen MR) is 175 cm³/mol. The second-order valence-corrected chi connectivity index (χ2v) is 10.9. The van der Waals surface area contributed by atoms with Crippen molar-refractivity contribution in [2.45, 2.75) is 31.6 Å². The lowest BCUT2D eigenvalue weighted by atomic mass is 9.77. The van der Waals surface area contributed by atoms with Gasteiger partial charge in [-0.15, -0.1) is 0 Å². The molecular formula is C38H37NO4. The molecule has 5 heteroatoms. The number of benzene rings is 5. The number of fused-ring (bicyclic) bond motifs is 6. The average molecular weight is 572 g/mol. The fourth-order valence-corrected chi connectivity index (χ4v) is 6.51. The van der Waals surface area contributed by atoms with Crippen LogP contribution in [0, 0.1) is 0 Å². The average Bonchev–Trinajstić information content (AvgIpc) is 3.07. The zero-order valence-corrected chi connectivity index (χ0v) is 25.2. The van der Waals surface area contributed by atoms with Gasteiger partial charge in [0.15, 0.2) is 0 Å².